The zero-order valence-electron chi connectivity index (χ0n) is 37.2. The molecule has 0 fully saturated rings. The van der Waals surface area contributed by atoms with Gasteiger partial charge in [-0.3, -0.25) is 0 Å². The van der Waals surface area contributed by atoms with E-state index < -0.39 is 0 Å². The van der Waals surface area contributed by atoms with Gasteiger partial charge in [-0.15, -0.1) is 0 Å². The van der Waals surface area contributed by atoms with Crippen LogP contribution in [0, 0.1) is 0 Å². The van der Waals surface area contributed by atoms with E-state index in [1.165, 1.54) is 16.5 Å². The number of para-hydroxylation sites is 2. The first-order valence-corrected chi connectivity index (χ1v) is 23.3. The van der Waals surface area contributed by atoms with Crippen LogP contribution >= 0.6 is 0 Å². The van der Waals surface area contributed by atoms with Crippen molar-refractivity contribution in [1.82, 2.24) is 24.1 Å². The van der Waals surface area contributed by atoms with Crippen LogP contribution in [0.3, 0.4) is 0 Å². The molecule has 0 radical (unpaired) electrons. The van der Waals surface area contributed by atoms with Crippen molar-refractivity contribution in [2.75, 3.05) is 0 Å². The molecule has 4 heterocycles. The highest BCUT2D eigenvalue weighted by molar-refractivity contribution is 6.26. The molecule has 69 heavy (non-hydrogen) atoms. The molecule has 14 rings (SSSR count). The van der Waals surface area contributed by atoms with E-state index in [0.29, 0.717) is 17.5 Å². The minimum absolute atomic E-state index is 0.592. The Labute approximate surface area is 396 Å². The van der Waals surface area contributed by atoms with Crippen LogP contribution in [0.1, 0.15) is 0 Å². The van der Waals surface area contributed by atoms with Crippen molar-refractivity contribution in [2.24, 2.45) is 0 Å². The van der Waals surface area contributed by atoms with Crippen molar-refractivity contribution in [3.63, 3.8) is 0 Å². The number of hydrogen-bond donors (Lipinski definition) is 0. The number of benzene rings is 10. The first-order chi connectivity index (χ1) is 34.2. The van der Waals surface area contributed by atoms with Gasteiger partial charge in [-0.05, 0) is 70.8 Å². The summed E-state index contributed by atoms with van der Waals surface area (Å²) in [5, 5.41) is 6.71. The predicted molar refractivity (Wildman–Crippen MR) is 283 cm³/mol. The summed E-state index contributed by atoms with van der Waals surface area (Å²) in [6.45, 7) is 0. The standard InChI is InChI=1S/C63H39N5O/c1-4-15-40(16-5-1)42-27-29-45(30-28-42)62-64-61(44-19-8-3-9-20-44)65-63(66-62)46-21-14-22-48(39-46)68-56-26-13-11-24-50(56)52-36-38-54-53-37-35-51-49-23-10-12-25-55(49)67(57(51)59(53)69-60(54)58(52)68)47-33-31-43(32-34-47)41-17-6-2-7-18-41/h1-39H. The van der Waals surface area contributed by atoms with Crippen molar-refractivity contribution in [2.45, 2.75) is 0 Å². The summed E-state index contributed by atoms with van der Waals surface area (Å²) in [5.74, 6) is 1.82. The zero-order chi connectivity index (χ0) is 45.4. The molecule has 4 aromatic heterocycles. The Morgan fingerprint density at radius 1 is 0.261 bits per heavy atom. The Hall–Kier alpha value is -9.39. The fourth-order valence-corrected chi connectivity index (χ4v) is 10.3. The Morgan fingerprint density at radius 3 is 1.17 bits per heavy atom. The van der Waals surface area contributed by atoms with Crippen molar-refractivity contribution < 1.29 is 4.42 Å². The van der Waals surface area contributed by atoms with Gasteiger partial charge in [0.2, 0.25) is 0 Å². The molecule has 0 unspecified atom stereocenters. The number of hydrogen-bond acceptors (Lipinski definition) is 4. The van der Waals surface area contributed by atoms with Gasteiger partial charge in [-0.2, -0.15) is 0 Å². The molecule has 0 saturated carbocycles. The van der Waals surface area contributed by atoms with Gasteiger partial charge in [0.15, 0.2) is 28.6 Å². The monoisotopic (exact) mass is 881 g/mol. The van der Waals surface area contributed by atoms with E-state index in [1.807, 2.05) is 36.4 Å². The molecule has 6 nitrogen and oxygen atoms in total. The second kappa shape index (κ2) is 15.6. The zero-order valence-corrected chi connectivity index (χ0v) is 37.2. The molecule has 0 N–H and O–H groups in total. The van der Waals surface area contributed by atoms with E-state index >= 15 is 0 Å². The van der Waals surface area contributed by atoms with Gasteiger partial charge >= 0.3 is 0 Å². The van der Waals surface area contributed by atoms with Crippen LogP contribution in [0.2, 0.25) is 0 Å². The number of aromatic nitrogens is 5. The van der Waals surface area contributed by atoms with Gasteiger partial charge in [0.05, 0.1) is 22.1 Å². The Kier molecular flexibility index (Phi) is 8.79. The summed E-state index contributed by atoms with van der Waals surface area (Å²) in [4.78, 5) is 15.4. The summed E-state index contributed by atoms with van der Waals surface area (Å²) in [5.41, 5.74) is 15.4. The summed E-state index contributed by atoms with van der Waals surface area (Å²) < 4.78 is 12.1. The molecule has 0 aliphatic heterocycles. The second-order valence-electron chi connectivity index (χ2n) is 17.6. The van der Waals surface area contributed by atoms with Gasteiger partial charge in [-0.1, -0.05) is 188 Å². The first kappa shape index (κ1) is 38.8. The minimum atomic E-state index is 0.592. The van der Waals surface area contributed by atoms with Crippen LogP contribution in [0.5, 0.6) is 0 Å². The average molecular weight is 882 g/mol. The van der Waals surface area contributed by atoms with E-state index in [2.05, 4.69) is 209 Å². The van der Waals surface area contributed by atoms with Gasteiger partial charge in [-0.25, -0.2) is 15.0 Å². The molecule has 0 bridgehead atoms. The lowest BCUT2D eigenvalue weighted by Gasteiger charge is -2.12. The summed E-state index contributed by atoms with van der Waals surface area (Å²) >= 11 is 0. The molecule has 0 amide bonds. The van der Waals surface area contributed by atoms with Crippen LogP contribution in [-0.4, -0.2) is 24.1 Å². The molecular formula is C63H39N5O. The maximum Gasteiger partial charge on any atom is 0.164 e. The molecule has 6 heteroatoms. The summed E-state index contributed by atoms with van der Waals surface area (Å²) in [6, 6.07) is 83.2. The maximum atomic E-state index is 7.36. The number of furan rings is 1. The Bertz CT molecular complexity index is 4270. The maximum absolute atomic E-state index is 7.36. The quantitative estimate of drug-likeness (QED) is 0.160. The van der Waals surface area contributed by atoms with E-state index in [1.54, 1.807) is 0 Å². The molecule has 14 aromatic rings. The van der Waals surface area contributed by atoms with Crippen molar-refractivity contribution in [3.8, 4) is 67.8 Å². The molecule has 322 valence electrons. The second-order valence-corrected chi connectivity index (χ2v) is 17.6. The van der Waals surface area contributed by atoms with E-state index in [9.17, 15) is 0 Å². The van der Waals surface area contributed by atoms with Crippen molar-refractivity contribution in [1.29, 1.82) is 0 Å². The molecule has 0 atom stereocenters. The summed E-state index contributed by atoms with van der Waals surface area (Å²) in [6.07, 6.45) is 0. The number of rotatable bonds is 7. The number of nitrogens with zero attached hydrogens (tertiary/aromatic N) is 5. The van der Waals surface area contributed by atoms with Gasteiger partial charge in [0, 0.05) is 60.4 Å². The van der Waals surface area contributed by atoms with Crippen molar-refractivity contribution >= 4 is 65.6 Å². The molecular weight excluding hydrogens is 843 g/mol. The van der Waals surface area contributed by atoms with E-state index in [4.69, 9.17) is 19.4 Å². The normalized spacial score (nSPS) is 11.8. The van der Waals surface area contributed by atoms with Gasteiger partial charge in [0.1, 0.15) is 0 Å². The predicted octanol–water partition coefficient (Wildman–Crippen LogP) is 16.3. The fourth-order valence-electron chi connectivity index (χ4n) is 10.3. The molecule has 0 aliphatic rings. The van der Waals surface area contributed by atoms with E-state index in [0.717, 1.165) is 99.4 Å². The highest BCUT2D eigenvalue weighted by Gasteiger charge is 2.23. The van der Waals surface area contributed by atoms with Gasteiger partial charge in [0.25, 0.3) is 0 Å². The highest BCUT2D eigenvalue weighted by Crippen LogP contribution is 2.45. The molecule has 0 spiro atoms. The summed E-state index contributed by atoms with van der Waals surface area (Å²) in [7, 11) is 0. The largest absolute Gasteiger partial charge is 0.452 e. The fraction of sp³-hybridized carbons (Fsp3) is 0. The lowest BCUT2D eigenvalue weighted by atomic mass is 10.0. The lowest BCUT2D eigenvalue weighted by Crippen LogP contribution is -2.01. The van der Waals surface area contributed by atoms with Crippen LogP contribution in [0.15, 0.2) is 241 Å². The third kappa shape index (κ3) is 6.30. The first-order valence-electron chi connectivity index (χ1n) is 23.3. The van der Waals surface area contributed by atoms with Gasteiger partial charge < -0.3 is 13.6 Å². The minimum Gasteiger partial charge on any atom is -0.452 e. The van der Waals surface area contributed by atoms with Crippen LogP contribution in [0.25, 0.3) is 133 Å². The Balaban J connectivity index is 0.962. The molecule has 10 aromatic carbocycles. The highest BCUT2D eigenvalue weighted by atomic mass is 16.3. The Morgan fingerprint density at radius 2 is 0.638 bits per heavy atom. The lowest BCUT2D eigenvalue weighted by molar-refractivity contribution is 0.673. The topological polar surface area (TPSA) is 61.7 Å². The molecule has 0 aliphatic carbocycles. The van der Waals surface area contributed by atoms with Crippen molar-refractivity contribution in [3.05, 3.63) is 237 Å². The number of fused-ring (bicyclic) bond motifs is 11. The third-order valence-corrected chi connectivity index (χ3v) is 13.6. The van der Waals surface area contributed by atoms with E-state index in [-0.39, 0.29) is 0 Å². The van der Waals surface area contributed by atoms with Crippen LogP contribution in [0.4, 0.5) is 0 Å². The molecule has 0 saturated heterocycles. The smallest absolute Gasteiger partial charge is 0.164 e. The van der Waals surface area contributed by atoms with Crippen LogP contribution in [-0.2, 0) is 0 Å². The third-order valence-electron chi connectivity index (χ3n) is 13.6. The average Bonchev–Trinajstić information content (AvgIpc) is 4.10. The van der Waals surface area contributed by atoms with Crippen LogP contribution < -0.4 is 0 Å². The SMILES string of the molecule is c1ccc(-c2ccc(-c3nc(-c4ccccc4)nc(-c4cccc(-n5c6ccccc6c6ccc7c8ccc9c%10ccccc%10n(-c%10ccc(-c%11ccccc%11)cc%10)c9c8oc7c65)c4)n3)cc2)cc1.